The third-order valence-electron chi connectivity index (χ3n) is 9.77. The summed E-state index contributed by atoms with van der Waals surface area (Å²) in [5, 5.41) is 13.8. The third kappa shape index (κ3) is 4.02. The lowest BCUT2D eigenvalue weighted by molar-refractivity contribution is 1.29. The summed E-state index contributed by atoms with van der Waals surface area (Å²) in [4.78, 5) is 7.09. The van der Waals surface area contributed by atoms with E-state index in [2.05, 4.69) is 163 Å². The van der Waals surface area contributed by atoms with Crippen LogP contribution in [-0.4, -0.2) is 4.98 Å². The van der Waals surface area contributed by atoms with Gasteiger partial charge in [-0.2, -0.15) is 0 Å². The van der Waals surface area contributed by atoms with Crippen LogP contribution in [0.1, 0.15) is 0 Å². The molecule has 0 atom stereocenters. The van der Waals surface area contributed by atoms with Crippen LogP contribution in [0, 0.1) is 0 Å². The Morgan fingerprint density at radius 2 is 0.979 bits per heavy atom. The Morgan fingerprint density at radius 1 is 0.362 bits per heavy atom. The predicted octanol–water partition coefficient (Wildman–Crippen LogP) is 12.6. The molecule has 0 saturated carbocycles. The highest BCUT2D eigenvalue weighted by molar-refractivity contribution is 6.30. The number of para-hydroxylation sites is 2. The molecular formula is C45H28N2. The molecule has 0 fully saturated rings. The molecule has 2 heteroatoms. The van der Waals surface area contributed by atoms with Gasteiger partial charge in [-0.25, -0.2) is 0 Å². The van der Waals surface area contributed by atoms with Crippen molar-refractivity contribution < 1.29 is 0 Å². The van der Waals surface area contributed by atoms with Gasteiger partial charge in [0, 0.05) is 34.0 Å². The molecule has 0 aliphatic carbocycles. The Balaban J connectivity index is 1.12. The first kappa shape index (κ1) is 26.0. The number of benzene rings is 9. The normalized spacial score (nSPS) is 11.8. The van der Waals surface area contributed by atoms with Crippen LogP contribution in [-0.2, 0) is 0 Å². The van der Waals surface area contributed by atoms with Crippen LogP contribution in [0.25, 0.3) is 75.9 Å². The number of rotatable bonds is 4. The lowest BCUT2D eigenvalue weighted by atomic mass is 9.88. The predicted molar refractivity (Wildman–Crippen MR) is 201 cm³/mol. The second kappa shape index (κ2) is 10.1. The minimum absolute atomic E-state index is 1.07. The van der Waals surface area contributed by atoms with Crippen molar-refractivity contribution >= 4 is 81.8 Å². The molecule has 0 radical (unpaired) electrons. The largest absolute Gasteiger partial charge is 0.310 e. The Labute approximate surface area is 272 Å². The maximum atomic E-state index is 4.77. The molecule has 218 valence electrons. The Morgan fingerprint density at radius 3 is 1.77 bits per heavy atom. The molecule has 47 heavy (non-hydrogen) atoms. The summed E-state index contributed by atoms with van der Waals surface area (Å²) in [6.45, 7) is 0. The molecule has 0 aliphatic heterocycles. The number of aromatic nitrogens is 1. The van der Waals surface area contributed by atoms with Crippen molar-refractivity contribution in [1.29, 1.82) is 0 Å². The fraction of sp³-hybridized carbons (Fsp3) is 0. The van der Waals surface area contributed by atoms with Gasteiger partial charge < -0.3 is 4.90 Å². The number of pyridine rings is 1. The number of hydrogen-bond acceptors (Lipinski definition) is 2. The molecule has 0 saturated heterocycles. The molecule has 0 aliphatic rings. The monoisotopic (exact) mass is 596 g/mol. The summed E-state index contributed by atoms with van der Waals surface area (Å²) in [5.41, 5.74) is 6.97. The highest BCUT2D eigenvalue weighted by atomic mass is 15.1. The van der Waals surface area contributed by atoms with Crippen molar-refractivity contribution in [2.45, 2.75) is 0 Å². The van der Waals surface area contributed by atoms with Crippen molar-refractivity contribution in [2.75, 3.05) is 4.90 Å². The van der Waals surface area contributed by atoms with E-state index in [-0.39, 0.29) is 0 Å². The second-order valence-electron chi connectivity index (χ2n) is 12.4. The Kier molecular flexibility index (Phi) is 5.61. The molecule has 0 spiro atoms. The maximum absolute atomic E-state index is 4.77. The third-order valence-corrected chi connectivity index (χ3v) is 9.77. The zero-order valence-corrected chi connectivity index (χ0v) is 25.6. The molecule has 9 aromatic carbocycles. The van der Waals surface area contributed by atoms with Crippen LogP contribution >= 0.6 is 0 Å². The van der Waals surface area contributed by atoms with Gasteiger partial charge in [0.2, 0.25) is 0 Å². The van der Waals surface area contributed by atoms with Gasteiger partial charge in [0.15, 0.2) is 0 Å². The first-order valence-corrected chi connectivity index (χ1v) is 16.1. The van der Waals surface area contributed by atoms with Crippen LogP contribution in [0.4, 0.5) is 17.1 Å². The van der Waals surface area contributed by atoms with E-state index in [9.17, 15) is 0 Å². The average Bonchev–Trinajstić information content (AvgIpc) is 3.14. The van der Waals surface area contributed by atoms with Gasteiger partial charge in [0.05, 0.1) is 5.52 Å². The van der Waals surface area contributed by atoms with E-state index in [1.54, 1.807) is 0 Å². The SMILES string of the molecule is c1ccc(N(c2ccccc2)c2ccc3c(ccc4cc(-c5ccc6ccc7cc8cccnc8c8ccc5c6c78)ccc43)c2)cc1. The van der Waals surface area contributed by atoms with E-state index in [0.717, 1.165) is 22.6 Å². The summed E-state index contributed by atoms with van der Waals surface area (Å²) in [6, 6.07) is 59.6. The molecule has 1 heterocycles. The molecule has 0 amide bonds. The number of hydrogen-bond donors (Lipinski definition) is 0. The number of anilines is 3. The number of nitrogens with zero attached hydrogens (tertiary/aromatic N) is 2. The van der Waals surface area contributed by atoms with Crippen molar-refractivity contribution in [2.24, 2.45) is 0 Å². The molecule has 0 unspecified atom stereocenters. The topological polar surface area (TPSA) is 16.1 Å². The van der Waals surface area contributed by atoms with Crippen LogP contribution in [0.2, 0.25) is 0 Å². The fourth-order valence-corrected chi connectivity index (χ4v) is 7.64. The van der Waals surface area contributed by atoms with Gasteiger partial charge in [0.25, 0.3) is 0 Å². The van der Waals surface area contributed by atoms with Gasteiger partial charge in [-0.1, -0.05) is 109 Å². The first-order chi connectivity index (χ1) is 23.3. The van der Waals surface area contributed by atoms with Crippen molar-refractivity contribution in [1.82, 2.24) is 4.98 Å². The molecule has 1 aromatic heterocycles. The summed E-state index contributed by atoms with van der Waals surface area (Å²) in [5.74, 6) is 0. The Bertz CT molecular complexity index is 2750. The van der Waals surface area contributed by atoms with Gasteiger partial charge >= 0.3 is 0 Å². The smallest absolute Gasteiger partial charge is 0.0780 e. The molecule has 0 bridgehead atoms. The standard InChI is InChI=1S/C45H28N2/c1-3-9-35(10-4-1)47(36-11-5-2-6-12-36)37-19-22-39-32(28-37)15-14-30-26-31(18-21-38(30)39)40-20-17-29-13-16-33-27-34-8-7-25-46-45(34)42-24-23-41(40)43(29)44(33)42/h1-28H. The zero-order chi connectivity index (χ0) is 30.9. The molecule has 0 N–H and O–H groups in total. The zero-order valence-electron chi connectivity index (χ0n) is 25.6. The summed E-state index contributed by atoms with van der Waals surface area (Å²) in [6.07, 6.45) is 1.90. The highest BCUT2D eigenvalue weighted by Gasteiger charge is 2.16. The molecule has 10 rings (SSSR count). The lowest BCUT2D eigenvalue weighted by Crippen LogP contribution is -2.09. The van der Waals surface area contributed by atoms with E-state index in [0.29, 0.717) is 0 Å². The minimum Gasteiger partial charge on any atom is -0.310 e. The van der Waals surface area contributed by atoms with Gasteiger partial charge in [-0.3, -0.25) is 4.98 Å². The van der Waals surface area contributed by atoms with E-state index in [4.69, 9.17) is 4.98 Å². The summed E-state index contributed by atoms with van der Waals surface area (Å²) in [7, 11) is 0. The van der Waals surface area contributed by atoms with Crippen molar-refractivity contribution in [3.63, 3.8) is 0 Å². The van der Waals surface area contributed by atoms with Crippen LogP contribution < -0.4 is 4.90 Å². The first-order valence-electron chi connectivity index (χ1n) is 16.1. The molecular weight excluding hydrogens is 569 g/mol. The van der Waals surface area contributed by atoms with E-state index in [1.165, 1.54) is 70.4 Å². The molecule has 2 nitrogen and oxygen atoms in total. The van der Waals surface area contributed by atoms with Gasteiger partial charge in [0.1, 0.15) is 0 Å². The van der Waals surface area contributed by atoms with Crippen molar-refractivity contribution in [3.8, 4) is 11.1 Å². The van der Waals surface area contributed by atoms with E-state index < -0.39 is 0 Å². The van der Waals surface area contributed by atoms with Crippen LogP contribution in [0.15, 0.2) is 170 Å². The quantitative estimate of drug-likeness (QED) is 0.148. The second-order valence-corrected chi connectivity index (χ2v) is 12.4. The summed E-state index contributed by atoms with van der Waals surface area (Å²) < 4.78 is 0. The maximum Gasteiger partial charge on any atom is 0.0780 e. The van der Waals surface area contributed by atoms with Crippen LogP contribution in [0.5, 0.6) is 0 Å². The fourth-order valence-electron chi connectivity index (χ4n) is 7.64. The van der Waals surface area contributed by atoms with Gasteiger partial charge in [-0.15, -0.1) is 0 Å². The van der Waals surface area contributed by atoms with Gasteiger partial charge in [-0.05, 0) is 114 Å². The van der Waals surface area contributed by atoms with E-state index >= 15 is 0 Å². The molecule has 10 aromatic rings. The minimum atomic E-state index is 1.07. The average molecular weight is 597 g/mol. The highest BCUT2D eigenvalue weighted by Crippen LogP contribution is 2.43. The van der Waals surface area contributed by atoms with E-state index in [1.807, 2.05) is 12.3 Å². The Hall–Kier alpha value is -6.25. The van der Waals surface area contributed by atoms with Crippen LogP contribution in [0.3, 0.4) is 0 Å². The van der Waals surface area contributed by atoms with Crippen molar-refractivity contribution in [3.05, 3.63) is 170 Å². The summed E-state index contributed by atoms with van der Waals surface area (Å²) >= 11 is 0. The number of fused-ring (bicyclic) bond motifs is 5. The lowest BCUT2D eigenvalue weighted by Gasteiger charge is -2.25.